The van der Waals surface area contributed by atoms with E-state index in [1.54, 1.807) is 12.1 Å². The van der Waals surface area contributed by atoms with E-state index in [-0.39, 0.29) is 5.78 Å². The van der Waals surface area contributed by atoms with E-state index < -0.39 is 0 Å². The van der Waals surface area contributed by atoms with E-state index in [0.29, 0.717) is 22.0 Å². The molecule has 0 radical (unpaired) electrons. The van der Waals surface area contributed by atoms with Crippen LogP contribution in [0.2, 0.25) is 5.02 Å². The Labute approximate surface area is 185 Å². The first-order valence-electron chi connectivity index (χ1n) is 9.93. The molecule has 0 amide bonds. The van der Waals surface area contributed by atoms with Gasteiger partial charge in [-0.2, -0.15) is 0 Å². The molecule has 0 spiro atoms. The summed E-state index contributed by atoms with van der Waals surface area (Å²) in [5.74, 6) is 1.38. The molecule has 0 N–H and O–H groups in total. The van der Waals surface area contributed by atoms with Gasteiger partial charge in [-0.05, 0) is 72.3 Å². The molecule has 4 heteroatoms. The van der Waals surface area contributed by atoms with Crippen LogP contribution in [0, 0.1) is 0 Å². The molecule has 150 valence electrons. The molecule has 0 bridgehead atoms. The maximum Gasteiger partial charge on any atom is 0.210 e. The average molecular weight is 424 g/mol. The number of carbonyl (C=O) groups is 1. The highest BCUT2D eigenvalue weighted by Crippen LogP contribution is 2.31. The normalized spacial score (nSPS) is 10.9. The second-order valence-electron chi connectivity index (χ2n) is 7.18. The van der Waals surface area contributed by atoms with Crippen LogP contribution in [0.1, 0.15) is 16.1 Å². The van der Waals surface area contributed by atoms with Crippen molar-refractivity contribution in [1.82, 2.24) is 4.40 Å². The summed E-state index contributed by atoms with van der Waals surface area (Å²) in [6.07, 6.45) is 1.91. The molecule has 0 saturated heterocycles. The van der Waals surface area contributed by atoms with Gasteiger partial charge in [0.1, 0.15) is 17.2 Å². The SMILES string of the molecule is O=C(c1ccc(Oc2ccccc2)cc1)c1c(-c2ccc(Cl)cc2)cc2ccccn12. The zero-order valence-electron chi connectivity index (χ0n) is 16.5. The molecular formula is C27H18ClNO2. The van der Waals surface area contributed by atoms with Gasteiger partial charge in [0.15, 0.2) is 0 Å². The van der Waals surface area contributed by atoms with E-state index in [1.165, 1.54) is 0 Å². The standard InChI is InChI=1S/C27H18ClNO2/c28-21-13-9-19(10-14-21)25-18-22-6-4-5-17-29(22)26(25)27(30)20-11-15-24(16-12-20)31-23-7-2-1-3-8-23/h1-18H. The Morgan fingerprint density at radius 1 is 0.742 bits per heavy atom. The molecule has 0 aliphatic rings. The molecule has 0 saturated carbocycles. The number of hydrogen-bond acceptors (Lipinski definition) is 2. The van der Waals surface area contributed by atoms with Gasteiger partial charge in [-0.1, -0.05) is 48.0 Å². The molecule has 0 aliphatic heterocycles. The third-order valence-electron chi connectivity index (χ3n) is 5.15. The highest BCUT2D eigenvalue weighted by molar-refractivity contribution is 6.30. The number of ether oxygens (including phenoxy) is 1. The Morgan fingerprint density at radius 2 is 1.42 bits per heavy atom. The van der Waals surface area contributed by atoms with E-state index in [0.717, 1.165) is 22.4 Å². The smallest absolute Gasteiger partial charge is 0.210 e. The van der Waals surface area contributed by atoms with Gasteiger partial charge in [-0.3, -0.25) is 4.79 Å². The molecular weight excluding hydrogens is 406 g/mol. The van der Waals surface area contributed by atoms with Crippen molar-refractivity contribution in [3.8, 4) is 22.6 Å². The third kappa shape index (κ3) is 3.83. The number of ketones is 1. The van der Waals surface area contributed by atoms with E-state index in [9.17, 15) is 4.79 Å². The van der Waals surface area contributed by atoms with Gasteiger partial charge in [0, 0.05) is 27.9 Å². The highest BCUT2D eigenvalue weighted by atomic mass is 35.5. The van der Waals surface area contributed by atoms with Crippen LogP contribution in [0.4, 0.5) is 0 Å². The summed E-state index contributed by atoms with van der Waals surface area (Å²) in [5.41, 5.74) is 3.99. The van der Waals surface area contributed by atoms with Crippen LogP contribution in [0.25, 0.3) is 16.6 Å². The zero-order chi connectivity index (χ0) is 21.2. The Bertz CT molecular complexity index is 1350. The lowest BCUT2D eigenvalue weighted by molar-refractivity contribution is 0.103. The van der Waals surface area contributed by atoms with Crippen LogP contribution in [0.3, 0.4) is 0 Å². The molecule has 3 nitrogen and oxygen atoms in total. The summed E-state index contributed by atoms with van der Waals surface area (Å²) >= 11 is 6.06. The molecule has 0 aliphatic carbocycles. The number of aromatic nitrogens is 1. The van der Waals surface area contributed by atoms with Crippen LogP contribution in [-0.2, 0) is 0 Å². The lowest BCUT2D eigenvalue weighted by atomic mass is 10.0. The number of hydrogen-bond donors (Lipinski definition) is 0. The minimum absolute atomic E-state index is 0.0533. The summed E-state index contributed by atoms with van der Waals surface area (Å²) in [4.78, 5) is 13.6. The van der Waals surface area contributed by atoms with Gasteiger partial charge in [-0.25, -0.2) is 0 Å². The molecule has 2 aromatic heterocycles. The number of para-hydroxylation sites is 1. The molecule has 5 rings (SSSR count). The number of nitrogens with zero attached hydrogens (tertiary/aromatic N) is 1. The minimum atomic E-state index is -0.0533. The van der Waals surface area contributed by atoms with Crippen LogP contribution < -0.4 is 4.74 Å². The molecule has 2 heterocycles. The first-order chi connectivity index (χ1) is 15.2. The molecule has 5 aromatic rings. The number of fused-ring (bicyclic) bond motifs is 1. The van der Waals surface area contributed by atoms with Gasteiger partial charge < -0.3 is 9.14 Å². The van der Waals surface area contributed by atoms with Crippen LogP contribution >= 0.6 is 11.6 Å². The third-order valence-corrected chi connectivity index (χ3v) is 5.40. The fourth-order valence-electron chi connectivity index (χ4n) is 3.64. The van der Waals surface area contributed by atoms with Crippen molar-refractivity contribution in [2.24, 2.45) is 0 Å². The first-order valence-corrected chi connectivity index (χ1v) is 10.3. The molecule has 0 unspecified atom stereocenters. The summed E-state index contributed by atoms with van der Waals surface area (Å²) in [6, 6.07) is 32.3. The quantitative estimate of drug-likeness (QED) is 0.278. The van der Waals surface area contributed by atoms with Gasteiger partial charge >= 0.3 is 0 Å². The van der Waals surface area contributed by atoms with Gasteiger partial charge in [0.05, 0.1) is 0 Å². The van der Waals surface area contributed by atoms with Crippen molar-refractivity contribution in [3.05, 3.63) is 126 Å². The van der Waals surface area contributed by atoms with E-state index >= 15 is 0 Å². The lowest BCUT2D eigenvalue weighted by Gasteiger charge is -2.09. The van der Waals surface area contributed by atoms with Gasteiger partial charge in [0.25, 0.3) is 0 Å². The van der Waals surface area contributed by atoms with Crippen molar-refractivity contribution in [2.75, 3.05) is 0 Å². The number of rotatable bonds is 5. The maximum absolute atomic E-state index is 13.6. The second-order valence-corrected chi connectivity index (χ2v) is 7.61. The molecule has 31 heavy (non-hydrogen) atoms. The van der Waals surface area contributed by atoms with Crippen molar-refractivity contribution >= 4 is 22.9 Å². The number of carbonyl (C=O) groups excluding carboxylic acids is 1. The fourth-order valence-corrected chi connectivity index (χ4v) is 3.77. The predicted octanol–water partition coefficient (Wildman–Crippen LogP) is 7.28. The van der Waals surface area contributed by atoms with Gasteiger partial charge in [0.2, 0.25) is 5.78 Å². The summed E-state index contributed by atoms with van der Waals surface area (Å²) in [6.45, 7) is 0. The van der Waals surface area contributed by atoms with E-state index in [2.05, 4.69) is 0 Å². The zero-order valence-corrected chi connectivity index (χ0v) is 17.3. The second kappa shape index (κ2) is 8.13. The van der Waals surface area contributed by atoms with Crippen molar-refractivity contribution < 1.29 is 9.53 Å². The van der Waals surface area contributed by atoms with Crippen LogP contribution in [-0.4, -0.2) is 10.2 Å². The molecule has 0 fully saturated rings. The summed E-state index contributed by atoms with van der Waals surface area (Å²) in [5, 5.41) is 0.661. The number of benzene rings is 3. The van der Waals surface area contributed by atoms with Gasteiger partial charge in [-0.15, -0.1) is 0 Å². The van der Waals surface area contributed by atoms with Crippen molar-refractivity contribution in [2.45, 2.75) is 0 Å². The Balaban J connectivity index is 1.53. The first kappa shape index (κ1) is 19.2. The Kier molecular flexibility index (Phi) is 5.03. The largest absolute Gasteiger partial charge is 0.457 e. The van der Waals surface area contributed by atoms with Crippen molar-refractivity contribution in [1.29, 1.82) is 0 Å². The average Bonchev–Trinajstić information content (AvgIpc) is 3.20. The predicted molar refractivity (Wildman–Crippen MR) is 124 cm³/mol. The van der Waals surface area contributed by atoms with Crippen LogP contribution in [0.15, 0.2) is 109 Å². The lowest BCUT2D eigenvalue weighted by Crippen LogP contribution is -2.06. The molecule has 3 aromatic carbocycles. The number of pyridine rings is 1. The summed E-state index contributed by atoms with van der Waals surface area (Å²) < 4.78 is 7.78. The Morgan fingerprint density at radius 3 is 2.16 bits per heavy atom. The monoisotopic (exact) mass is 423 g/mol. The number of halogens is 1. The fraction of sp³-hybridized carbons (Fsp3) is 0. The Hall–Kier alpha value is -3.82. The van der Waals surface area contributed by atoms with E-state index in [4.69, 9.17) is 16.3 Å². The highest BCUT2D eigenvalue weighted by Gasteiger charge is 2.20. The van der Waals surface area contributed by atoms with Crippen LogP contribution in [0.5, 0.6) is 11.5 Å². The minimum Gasteiger partial charge on any atom is -0.457 e. The maximum atomic E-state index is 13.6. The topological polar surface area (TPSA) is 30.7 Å². The van der Waals surface area contributed by atoms with Crippen molar-refractivity contribution in [3.63, 3.8) is 0 Å². The van der Waals surface area contributed by atoms with E-state index in [1.807, 2.05) is 102 Å². The summed E-state index contributed by atoms with van der Waals surface area (Å²) in [7, 11) is 0. The molecule has 0 atom stereocenters.